The molecule has 2 atom stereocenters. The van der Waals surface area contributed by atoms with Crippen LogP contribution in [0.2, 0.25) is 0 Å². The normalized spacial score (nSPS) is 26.0. The first-order chi connectivity index (χ1) is 15.2. The SMILES string of the molecule is Cc1ccc2n(c1=O)C(COC1CCC(c3ccccc3F)CC1)C(NS(C)(=O)=O)CC2. The van der Waals surface area contributed by atoms with Crippen LogP contribution in [0.5, 0.6) is 0 Å². The lowest BCUT2D eigenvalue weighted by atomic mass is 9.82. The van der Waals surface area contributed by atoms with Crippen molar-refractivity contribution in [2.45, 2.75) is 69.6 Å². The highest BCUT2D eigenvalue weighted by Gasteiger charge is 2.34. The number of fused-ring (bicyclic) bond motifs is 1. The van der Waals surface area contributed by atoms with Gasteiger partial charge in [-0.2, -0.15) is 0 Å². The number of sulfonamides is 1. The Balaban J connectivity index is 1.47. The van der Waals surface area contributed by atoms with Crippen molar-refractivity contribution in [3.8, 4) is 0 Å². The smallest absolute Gasteiger partial charge is 0.254 e. The molecular formula is C24H31FN2O4S. The molecule has 0 radical (unpaired) electrons. The lowest BCUT2D eigenvalue weighted by molar-refractivity contribution is -0.00183. The minimum atomic E-state index is -3.42. The number of nitrogens with one attached hydrogen (secondary N) is 1. The van der Waals surface area contributed by atoms with Crippen LogP contribution in [0.25, 0.3) is 0 Å². The maximum atomic E-state index is 14.1. The van der Waals surface area contributed by atoms with E-state index in [1.165, 1.54) is 6.07 Å². The first-order valence-electron chi connectivity index (χ1n) is 11.3. The molecule has 0 saturated heterocycles. The van der Waals surface area contributed by atoms with Crippen LogP contribution < -0.4 is 10.3 Å². The van der Waals surface area contributed by atoms with E-state index in [-0.39, 0.29) is 30.0 Å². The van der Waals surface area contributed by atoms with Crippen LogP contribution >= 0.6 is 0 Å². The van der Waals surface area contributed by atoms with E-state index in [1.807, 2.05) is 24.3 Å². The lowest BCUT2D eigenvalue weighted by Gasteiger charge is -2.37. The molecule has 1 N–H and O–H groups in total. The van der Waals surface area contributed by atoms with E-state index in [0.717, 1.165) is 43.2 Å². The molecule has 2 unspecified atom stereocenters. The summed E-state index contributed by atoms with van der Waals surface area (Å²) in [4.78, 5) is 12.9. The Morgan fingerprint density at radius 2 is 1.81 bits per heavy atom. The molecule has 1 fully saturated rings. The van der Waals surface area contributed by atoms with E-state index in [2.05, 4.69) is 4.72 Å². The highest BCUT2D eigenvalue weighted by atomic mass is 32.2. The summed E-state index contributed by atoms with van der Waals surface area (Å²) in [6, 6.07) is 9.91. The van der Waals surface area contributed by atoms with E-state index in [4.69, 9.17) is 4.74 Å². The Labute approximate surface area is 188 Å². The molecule has 174 valence electrons. The fourth-order valence-corrected chi connectivity index (χ4v) is 5.95. The van der Waals surface area contributed by atoms with Gasteiger partial charge < -0.3 is 9.30 Å². The summed E-state index contributed by atoms with van der Waals surface area (Å²) in [6.07, 6.45) is 5.72. The van der Waals surface area contributed by atoms with Gasteiger partial charge in [-0.05, 0) is 69.1 Å². The van der Waals surface area contributed by atoms with Gasteiger partial charge in [0.25, 0.3) is 5.56 Å². The van der Waals surface area contributed by atoms with Crippen LogP contribution in [0.1, 0.15) is 60.9 Å². The quantitative estimate of drug-likeness (QED) is 0.713. The molecule has 0 amide bonds. The Morgan fingerprint density at radius 3 is 2.50 bits per heavy atom. The first-order valence-corrected chi connectivity index (χ1v) is 13.2. The number of benzene rings is 1. The molecule has 32 heavy (non-hydrogen) atoms. The van der Waals surface area contributed by atoms with Gasteiger partial charge in [0, 0.05) is 17.3 Å². The second-order valence-corrected chi connectivity index (χ2v) is 10.9. The Morgan fingerprint density at radius 1 is 1.09 bits per heavy atom. The number of hydrogen-bond acceptors (Lipinski definition) is 4. The number of halogens is 1. The van der Waals surface area contributed by atoms with Crippen LogP contribution in [-0.2, 0) is 21.2 Å². The predicted molar refractivity (Wildman–Crippen MR) is 122 cm³/mol. The Kier molecular flexibility index (Phi) is 6.83. The molecule has 2 aromatic rings. The van der Waals surface area contributed by atoms with E-state index in [9.17, 15) is 17.6 Å². The summed E-state index contributed by atoms with van der Waals surface area (Å²) in [6.45, 7) is 2.03. The zero-order valence-corrected chi connectivity index (χ0v) is 19.4. The fourth-order valence-electron chi connectivity index (χ4n) is 5.12. The Bertz CT molecular complexity index is 1120. The number of ether oxygens (including phenoxy) is 1. The van der Waals surface area contributed by atoms with Crippen LogP contribution in [-0.4, -0.2) is 38.0 Å². The van der Waals surface area contributed by atoms with Gasteiger partial charge in [0.2, 0.25) is 10.0 Å². The largest absolute Gasteiger partial charge is 0.376 e. The molecule has 2 heterocycles. The van der Waals surface area contributed by atoms with Crippen LogP contribution in [0.15, 0.2) is 41.2 Å². The number of aryl methyl sites for hydroxylation is 2. The second-order valence-electron chi connectivity index (χ2n) is 9.11. The zero-order valence-electron chi connectivity index (χ0n) is 18.6. The second kappa shape index (κ2) is 9.45. The number of pyridine rings is 1. The summed E-state index contributed by atoms with van der Waals surface area (Å²) >= 11 is 0. The lowest BCUT2D eigenvalue weighted by Crippen LogP contribution is -2.49. The van der Waals surface area contributed by atoms with Crippen molar-refractivity contribution in [2.75, 3.05) is 12.9 Å². The van der Waals surface area contributed by atoms with Crippen molar-refractivity contribution in [2.24, 2.45) is 0 Å². The number of aromatic nitrogens is 1. The highest BCUT2D eigenvalue weighted by molar-refractivity contribution is 7.88. The first kappa shape index (κ1) is 23.1. The third kappa shape index (κ3) is 5.13. The standard InChI is InChI=1S/C24H31FN2O4S/c1-16-7-10-18-11-14-22(26-32(2,29)30)23(27(18)24(16)28)15-31-19-12-8-17(9-13-19)20-5-3-4-6-21(20)25/h3-7,10,17,19,22-23,26H,8-9,11-15H2,1-2H3. The third-order valence-corrected chi connectivity index (χ3v) is 7.52. The predicted octanol–water partition coefficient (Wildman–Crippen LogP) is 3.44. The third-order valence-electron chi connectivity index (χ3n) is 6.79. The molecule has 1 aliphatic heterocycles. The molecule has 8 heteroatoms. The van der Waals surface area contributed by atoms with Gasteiger partial charge in [-0.15, -0.1) is 0 Å². The average Bonchev–Trinajstić information content (AvgIpc) is 2.75. The molecular weight excluding hydrogens is 431 g/mol. The van der Waals surface area contributed by atoms with E-state index < -0.39 is 22.1 Å². The van der Waals surface area contributed by atoms with Gasteiger partial charge in [-0.25, -0.2) is 17.5 Å². The van der Waals surface area contributed by atoms with E-state index in [1.54, 1.807) is 17.6 Å². The molecule has 1 aliphatic carbocycles. The van der Waals surface area contributed by atoms with E-state index in [0.29, 0.717) is 18.4 Å². The fraction of sp³-hybridized carbons (Fsp3) is 0.542. The minimum Gasteiger partial charge on any atom is -0.376 e. The molecule has 1 saturated carbocycles. The van der Waals surface area contributed by atoms with E-state index >= 15 is 0 Å². The molecule has 4 rings (SSSR count). The summed E-state index contributed by atoms with van der Waals surface area (Å²) in [7, 11) is -3.42. The molecule has 0 bridgehead atoms. The molecule has 1 aromatic carbocycles. The topological polar surface area (TPSA) is 77.4 Å². The van der Waals surface area contributed by atoms with Crippen LogP contribution in [0, 0.1) is 12.7 Å². The zero-order chi connectivity index (χ0) is 22.9. The van der Waals surface area contributed by atoms with Crippen molar-refractivity contribution in [1.82, 2.24) is 9.29 Å². The van der Waals surface area contributed by atoms with Crippen LogP contribution in [0.3, 0.4) is 0 Å². The van der Waals surface area contributed by atoms with Gasteiger partial charge in [0.1, 0.15) is 5.82 Å². The molecule has 6 nitrogen and oxygen atoms in total. The van der Waals surface area contributed by atoms with Crippen molar-refractivity contribution in [1.29, 1.82) is 0 Å². The summed E-state index contributed by atoms with van der Waals surface area (Å²) in [5, 5.41) is 0. The van der Waals surface area contributed by atoms with Crippen molar-refractivity contribution >= 4 is 10.0 Å². The maximum absolute atomic E-state index is 14.1. The summed E-state index contributed by atoms with van der Waals surface area (Å²) in [5.74, 6) is 0.0384. The van der Waals surface area contributed by atoms with Gasteiger partial charge in [-0.1, -0.05) is 24.3 Å². The van der Waals surface area contributed by atoms with Gasteiger partial charge in [0.15, 0.2) is 0 Å². The monoisotopic (exact) mass is 462 g/mol. The van der Waals surface area contributed by atoms with Crippen molar-refractivity contribution in [3.05, 3.63) is 69.4 Å². The van der Waals surface area contributed by atoms with Gasteiger partial charge in [0.05, 0.1) is 25.0 Å². The summed E-state index contributed by atoms with van der Waals surface area (Å²) in [5.41, 5.74) is 2.21. The van der Waals surface area contributed by atoms with Crippen LogP contribution in [0.4, 0.5) is 4.39 Å². The maximum Gasteiger partial charge on any atom is 0.254 e. The summed E-state index contributed by atoms with van der Waals surface area (Å²) < 4.78 is 48.7. The number of rotatable bonds is 6. The highest BCUT2D eigenvalue weighted by Crippen LogP contribution is 2.36. The van der Waals surface area contributed by atoms with Crippen molar-refractivity contribution in [3.63, 3.8) is 0 Å². The van der Waals surface area contributed by atoms with Gasteiger partial charge in [-0.3, -0.25) is 4.79 Å². The number of hydrogen-bond donors (Lipinski definition) is 1. The average molecular weight is 463 g/mol. The van der Waals surface area contributed by atoms with Gasteiger partial charge >= 0.3 is 0 Å². The van der Waals surface area contributed by atoms with Crippen molar-refractivity contribution < 1.29 is 17.5 Å². The molecule has 1 aromatic heterocycles. The Hall–Kier alpha value is -2.03. The minimum absolute atomic E-state index is 0.0165. The molecule has 2 aliphatic rings. The number of nitrogens with zero attached hydrogens (tertiary/aromatic N) is 1. The molecule has 0 spiro atoms.